The topological polar surface area (TPSA) is 119 Å². The zero-order valence-corrected chi connectivity index (χ0v) is 22.6. The van der Waals surface area contributed by atoms with E-state index in [1.54, 1.807) is 23.1 Å². The third kappa shape index (κ3) is 5.30. The van der Waals surface area contributed by atoms with E-state index in [0.717, 1.165) is 54.2 Å². The van der Waals surface area contributed by atoms with Gasteiger partial charge in [0.15, 0.2) is 0 Å². The van der Waals surface area contributed by atoms with E-state index >= 15 is 0 Å². The summed E-state index contributed by atoms with van der Waals surface area (Å²) < 4.78 is 15.5. The number of aromatic amines is 1. The van der Waals surface area contributed by atoms with Gasteiger partial charge in [-0.3, -0.25) is 4.79 Å². The van der Waals surface area contributed by atoms with Crippen molar-refractivity contribution in [2.45, 2.75) is 19.5 Å². The standard InChI is InChI=1S/C28H31FN10O/c1-28(2,29)17-33-26(40)22-16-34-39-7-5-18(12-23(22)39)20-14-31-25-21(20)15-32-27(36-25)35-19-4-6-30-24(13-19)38-10-8-37(3)9-11-38/h4-7,12-16H,8-11,17H2,1-3H3,(H,33,40)(H2,30,31,32,35,36). The Bertz CT molecular complexity index is 1680. The number of likely N-dealkylation sites (N-methyl/N-ethyl adjacent to an activating group) is 1. The molecule has 1 aliphatic heterocycles. The minimum Gasteiger partial charge on any atom is -0.354 e. The highest BCUT2D eigenvalue weighted by Crippen LogP contribution is 2.30. The van der Waals surface area contributed by atoms with Crippen LogP contribution in [0.25, 0.3) is 27.7 Å². The average molecular weight is 543 g/mol. The van der Waals surface area contributed by atoms with E-state index in [-0.39, 0.29) is 12.5 Å². The highest BCUT2D eigenvalue weighted by molar-refractivity contribution is 6.02. The van der Waals surface area contributed by atoms with Crippen LogP contribution in [0.3, 0.4) is 0 Å². The molecule has 0 unspecified atom stereocenters. The van der Waals surface area contributed by atoms with Crippen molar-refractivity contribution in [1.82, 2.24) is 39.8 Å². The van der Waals surface area contributed by atoms with Gasteiger partial charge < -0.3 is 25.4 Å². The summed E-state index contributed by atoms with van der Waals surface area (Å²) in [7, 11) is 2.13. The molecule has 6 heterocycles. The molecule has 12 heteroatoms. The number of pyridine rings is 2. The summed E-state index contributed by atoms with van der Waals surface area (Å²) in [6, 6.07) is 7.71. The molecule has 206 valence electrons. The number of nitrogens with one attached hydrogen (secondary N) is 3. The van der Waals surface area contributed by atoms with Gasteiger partial charge in [0.25, 0.3) is 5.91 Å². The molecule has 0 aliphatic carbocycles. The summed E-state index contributed by atoms with van der Waals surface area (Å²) in [4.78, 5) is 34.3. The number of H-pyrrole nitrogens is 1. The molecule has 40 heavy (non-hydrogen) atoms. The zero-order valence-electron chi connectivity index (χ0n) is 22.6. The second kappa shape index (κ2) is 10.2. The number of carbonyl (C=O) groups is 1. The van der Waals surface area contributed by atoms with Crippen LogP contribution in [0.1, 0.15) is 24.2 Å². The van der Waals surface area contributed by atoms with Gasteiger partial charge in [0.05, 0.1) is 23.8 Å². The smallest absolute Gasteiger partial charge is 0.255 e. The van der Waals surface area contributed by atoms with E-state index < -0.39 is 5.67 Å². The average Bonchev–Trinajstić information content (AvgIpc) is 3.55. The number of amides is 1. The number of rotatable bonds is 7. The largest absolute Gasteiger partial charge is 0.354 e. The maximum Gasteiger partial charge on any atom is 0.255 e. The van der Waals surface area contributed by atoms with Crippen LogP contribution < -0.4 is 15.5 Å². The Balaban J connectivity index is 1.23. The van der Waals surface area contributed by atoms with Crippen LogP contribution in [0.15, 0.2) is 55.2 Å². The number of halogens is 1. The first-order valence-electron chi connectivity index (χ1n) is 13.2. The molecule has 6 rings (SSSR count). The van der Waals surface area contributed by atoms with E-state index in [1.165, 1.54) is 20.0 Å². The molecule has 11 nitrogen and oxygen atoms in total. The van der Waals surface area contributed by atoms with Gasteiger partial charge in [-0.2, -0.15) is 10.1 Å². The Morgan fingerprint density at radius 1 is 1.12 bits per heavy atom. The molecule has 0 atom stereocenters. The van der Waals surface area contributed by atoms with Gasteiger partial charge in [-0.25, -0.2) is 18.9 Å². The summed E-state index contributed by atoms with van der Waals surface area (Å²) in [6.45, 7) is 6.65. The fourth-order valence-corrected chi connectivity index (χ4v) is 4.75. The van der Waals surface area contributed by atoms with Gasteiger partial charge in [0.2, 0.25) is 5.95 Å². The molecule has 1 saturated heterocycles. The Kier molecular flexibility index (Phi) is 6.54. The first-order chi connectivity index (χ1) is 19.2. The lowest BCUT2D eigenvalue weighted by Gasteiger charge is -2.33. The zero-order chi connectivity index (χ0) is 27.9. The lowest BCUT2D eigenvalue weighted by Crippen LogP contribution is -2.44. The maximum atomic E-state index is 13.9. The van der Waals surface area contributed by atoms with Crippen LogP contribution in [-0.4, -0.2) is 85.8 Å². The van der Waals surface area contributed by atoms with E-state index in [4.69, 9.17) is 0 Å². The number of hydrogen-bond acceptors (Lipinski definition) is 8. The third-order valence-electron chi connectivity index (χ3n) is 7.01. The van der Waals surface area contributed by atoms with Crippen molar-refractivity contribution in [2.24, 2.45) is 0 Å². The first-order valence-corrected chi connectivity index (χ1v) is 13.2. The Morgan fingerprint density at radius 3 is 2.75 bits per heavy atom. The predicted molar refractivity (Wildman–Crippen MR) is 153 cm³/mol. The lowest BCUT2D eigenvalue weighted by molar-refractivity contribution is 0.0922. The van der Waals surface area contributed by atoms with E-state index in [9.17, 15) is 9.18 Å². The fourth-order valence-electron chi connectivity index (χ4n) is 4.75. The first kappa shape index (κ1) is 25.7. The highest BCUT2D eigenvalue weighted by atomic mass is 19.1. The van der Waals surface area contributed by atoms with E-state index in [0.29, 0.717) is 22.7 Å². The van der Waals surface area contributed by atoms with E-state index in [2.05, 4.69) is 52.5 Å². The van der Waals surface area contributed by atoms with Crippen LogP contribution in [0.2, 0.25) is 0 Å². The molecule has 0 spiro atoms. The van der Waals surface area contributed by atoms with Crippen molar-refractivity contribution >= 4 is 39.9 Å². The second-order valence-corrected chi connectivity index (χ2v) is 10.7. The van der Waals surface area contributed by atoms with Gasteiger partial charge in [0.1, 0.15) is 17.1 Å². The van der Waals surface area contributed by atoms with Crippen molar-refractivity contribution in [2.75, 3.05) is 50.0 Å². The van der Waals surface area contributed by atoms with Crippen LogP contribution in [0, 0.1) is 0 Å². The minimum atomic E-state index is -1.51. The van der Waals surface area contributed by atoms with Gasteiger partial charge in [-0.15, -0.1) is 0 Å². The number of piperazine rings is 1. The van der Waals surface area contributed by atoms with Crippen molar-refractivity contribution in [3.63, 3.8) is 0 Å². The lowest BCUT2D eigenvalue weighted by atomic mass is 10.1. The number of aromatic nitrogens is 6. The summed E-state index contributed by atoms with van der Waals surface area (Å²) >= 11 is 0. The quantitative estimate of drug-likeness (QED) is 0.285. The summed E-state index contributed by atoms with van der Waals surface area (Å²) in [6.07, 6.45) is 8.72. The molecular formula is C28H31FN10O. The molecule has 0 aromatic carbocycles. The number of anilines is 3. The number of hydrogen-bond donors (Lipinski definition) is 3. The number of carbonyl (C=O) groups excluding carboxylic acids is 1. The summed E-state index contributed by atoms with van der Waals surface area (Å²) in [5.74, 6) is 1.03. The molecule has 5 aromatic heterocycles. The van der Waals surface area contributed by atoms with Gasteiger partial charge >= 0.3 is 0 Å². The fraction of sp³-hybridized carbons (Fsp3) is 0.321. The molecule has 1 amide bonds. The normalized spacial score (nSPS) is 14.7. The second-order valence-electron chi connectivity index (χ2n) is 10.7. The number of alkyl halides is 1. The summed E-state index contributed by atoms with van der Waals surface area (Å²) in [5.41, 5.74) is 2.79. The molecule has 1 fully saturated rings. The molecule has 3 N–H and O–H groups in total. The molecule has 0 bridgehead atoms. The van der Waals surface area contributed by atoms with Crippen molar-refractivity contribution in [3.05, 3.63) is 60.8 Å². The molecule has 0 radical (unpaired) electrons. The SMILES string of the molecule is CN1CCN(c2cc(Nc3ncc4c(-c5ccn6ncc(C(=O)NCC(C)(C)F)c6c5)c[nH]c4n3)ccn2)CC1. The highest BCUT2D eigenvalue weighted by Gasteiger charge is 2.20. The molecule has 5 aromatic rings. The van der Waals surface area contributed by atoms with Crippen LogP contribution in [-0.2, 0) is 0 Å². The maximum absolute atomic E-state index is 13.9. The Labute approximate surface area is 230 Å². The van der Waals surface area contributed by atoms with E-state index in [1.807, 2.05) is 30.5 Å². The predicted octanol–water partition coefficient (Wildman–Crippen LogP) is 3.64. The van der Waals surface area contributed by atoms with Crippen LogP contribution in [0.5, 0.6) is 0 Å². The molecule has 1 aliphatic rings. The van der Waals surface area contributed by atoms with Gasteiger partial charge in [0, 0.05) is 73.7 Å². The Morgan fingerprint density at radius 2 is 1.95 bits per heavy atom. The number of fused-ring (bicyclic) bond motifs is 2. The summed E-state index contributed by atoms with van der Waals surface area (Å²) in [5, 5.41) is 11.0. The molecular weight excluding hydrogens is 511 g/mol. The Hall–Kier alpha value is -4.58. The van der Waals surface area contributed by atoms with Gasteiger partial charge in [-0.1, -0.05) is 0 Å². The monoisotopic (exact) mass is 542 g/mol. The third-order valence-corrected chi connectivity index (χ3v) is 7.01. The van der Waals surface area contributed by atoms with Crippen molar-refractivity contribution in [3.8, 4) is 11.1 Å². The number of nitrogens with zero attached hydrogens (tertiary/aromatic N) is 7. The molecule has 0 saturated carbocycles. The van der Waals surface area contributed by atoms with Crippen molar-refractivity contribution in [1.29, 1.82) is 0 Å². The van der Waals surface area contributed by atoms with Crippen molar-refractivity contribution < 1.29 is 9.18 Å². The minimum absolute atomic E-state index is 0.0876. The van der Waals surface area contributed by atoms with Crippen LogP contribution >= 0.6 is 0 Å². The van der Waals surface area contributed by atoms with Crippen LogP contribution in [0.4, 0.5) is 21.8 Å². The van der Waals surface area contributed by atoms with Gasteiger partial charge in [-0.05, 0) is 44.7 Å².